The summed E-state index contributed by atoms with van der Waals surface area (Å²) < 4.78 is 3.40. The Morgan fingerprint density at radius 3 is 2.55 bits per heavy atom. The third-order valence-electron chi connectivity index (χ3n) is 6.01. The molecule has 1 atom stereocenters. The Kier molecular flexibility index (Phi) is 4.44. The van der Waals surface area contributed by atoms with E-state index in [4.69, 9.17) is 4.98 Å². The van der Waals surface area contributed by atoms with Crippen LogP contribution in [0.2, 0.25) is 0 Å². The van der Waals surface area contributed by atoms with E-state index < -0.39 is 0 Å². The molecule has 0 saturated carbocycles. The van der Waals surface area contributed by atoms with Crippen molar-refractivity contribution in [2.24, 2.45) is 0 Å². The van der Waals surface area contributed by atoms with Gasteiger partial charge in [0, 0.05) is 28.3 Å². The lowest BCUT2D eigenvalue weighted by Crippen LogP contribution is -2.12. The van der Waals surface area contributed by atoms with Crippen molar-refractivity contribution in [3.8, 4) is 28.2 Å². The SMILES string of the molecule is CC(C)c1cccc2c1-n1ccnc1-c1ccc(-c3ccccc3Br)c(c1)C2C. The third kappa shape index (κ3) is 2.87. The molecule has 5 rings (SSSR count). The van der Waals surface area contributed by atoms with E-state index >= 15 is 0 Å². The molecule has 3 aromatic carbocycles. The van der Waals surface area contributed by atoms with Gasteiger partial charge in [0.2, 0.25) is 0 Å². The second kappa shape index (κ2) is 7.00. The molecule has 0 fully saturated rings. The Labute approximate surface area is 180 Å². The van der Waals surface area contributed by atoms with Crippen LogP contribution in [0.25, 0.3) is 28.2 Å². The monoisotopic (exact) mass is 442 g/mol. The highest BCUT2D eigenvalue weighted by Gasteiger charge is 2.26. The standard InChI is InChI=1S/C26H23BrN2/c1-16(2)19-8-6-9-20-17(3)23-15-18(26-28-13-14-29(26)25(19)20)11-12-21(23)22-7-4-5-10-24(22)27/h4-17H,1-3H3. The van der Waals surface area contributed by atoms with Gasteiger partial charge < -0.3 is 0 Å². The highest BCUT2D eigenvalue weighted by Crippen LogP contribution is 2.43. The van der Waals surface area contributed by atoms with Gasteiger partial charge in [0.1, 0.15) is 5.82 Å². The van der Waals surface area contributed by atoms with E-state index in [1.54, 1.807) is 0 Å². The van der Waals surface area contributed by atoms with Gasteiger partial charge in [-0.3, -0.25) is 4.57 Å². The highest BCUT2D eigenvalue weighted by atomic mass is 79.9. The second-order valence-electron chi connectivity index (χ2n) is 8.06. The topological polar surface area (TPSA) is 17.8 Å². The summed E-state index contributed by atoms with van der Waals surface area (Å²) in [5, 5.41) is 0. The number of fused-ring (bicyclic) bond motifs is 6. The average molecular weight is 443 g/mol. The number of aromatic nitrogens is 2. The van der Waals surface area contributed by atoms with E-state index in [9.17, 15) is 0 Å². The summed E-state index contributed by atoms with van der Waals surface area (Å²) in [5.74, 6) is 1.71. The van der Waals surface area contributed by atoms with Crippen molar-refractivity contribution in [2.45, 2.75) is 32.6 Å². The van der Waals surface area contributed by atoms with Gasteiger partial charge in [-0.2, -0.15) is 0 Å². The lowest BCUT2D eigenvalue weighted by molar-refractivity contribution is 0.820. The van der Waals surface area contributed by atoms with Crippen molar-refractivity contribution in [1.29, 1.82) is 0 Å². The zero-order chi connectivity index (χ0) is 20.1. The first-order chi connectivity index (χ1) is 14.1. The summed E-state index contributed by atoms with van der Waals surface area (Å²) in [5.41, 5.74) is 9.00. The molecular weight excluding hydrogens is 420 g/mol. The quantitative estimate of drug-likeness (QED) is 0.313. The molecule has 2 bridgehead atoms. The van der Waals surface area contributed by atoms with E-state index in [1.165, 1.54) is 33.5 Å². The van der Waals surface area contributed by atoms with E-state index in [2.05, 4.69) is 108 Å². The van der Waals surface area contributed by atoms with Crippen LogP contribution in [0.5, 0.6) is 0 Å². The van der Waals surface area contributed by atoms with E-state index in [-0.39, 0.29) is 5.92 Å². The fourth-order valence-corrected chi connectivity index (χ4v) is 5.02. The largest absolute Gasteiger partial charge is 0.299 e. The second-order valence-corrected chi connectivity index (χ2v) is 8.92. The van der Waals surface area contributed by atoms with Crippen LogP contribution in [0.1, 0.15) is 49.3 Å². The molecule has 1 aromatic heterocycles. The Morgan fingerprint density at radius 2 is 1.76 bits per heavy atom. The van der Waals surface area contributed by atoms with Crippen molar-refractivity contribution in [3.63, 3.8) is 0 Å². The average Bonchev–Trinajstić information content (AvgIpc) is 3.21. The molecule has 29 heavy (non-hydrogen) atoms. The fourth-order valence-electron chi connectivity index (χ4n) is 4.52. The molecule has 1 unspecified atom stereocenters. The van der Waals surface area contributed by atoms with Gasteiger partial charge in [0.25, 0.3) is 0 Å². The maximum absolute atomic E-state index is 4.73. The van der Waals surface area contributed by atoms with Crippen molar-refractivity contribution in [3.05, 3.63) is 94.2 Å². The lowest BCUT2D eigenvalue weighted by Gasteiger charge is -2.27. The van der Waals surface area contributed by atoms with Crippen LogP contribution >= 0.6 is 15.9 Å². The summed E-state index contributed by atoms with van der Waals surface area (Å²) in [6.45, 7) is 6.85. The highest BCUT2D eigenvalue weighted by molar-refractivity contribution is 9.10. The van der Waals surface area contributed by atoms with E-state index in [0.717, 1.165) is 15.9 Å². The maximum atomic E-state index is 4.73. The van der Waals surface area contributed by atoms with Crippen LogP contribution in [0, 0.1) is 0 Å². The first-order valence-corrected chi connectivity index (χ1v) is 10.9. The van der Waals surface area contributed by atoms with Crippen LogP contribution < -0.4 is 0 Å². The van der Waals surface area contributed by atoms with Crippen LogP contribution in [-0.4, -0.2) is 9.55 Å². The van der Waals surface area contributed by atoms with Gasteiger partial charge in [-0.25, -0.2) is 4.98 Å². The Morgan fingerprint density at radius 1 is 0.931 bits per heavy atom. The minimum Gasteiger partial charge on any atom is -0.299 e. The summed E-state index contributed by atoms with van der Waals surface area (Å²) in [7, 11) is 0. The Hall–Kier alpha value is -2.65. The zero-order valence-electron chi connectivity index (χ0n) is 16.9. The maximum Gasteiger partial charge on any atom is 0.144 e. The van der Waals surface area contributed by atoms with Crippen LogP contribution in [0.15, 0.2) is 77.5 Å². The van der Waals surface area contributed by atoms with E-state index in [0.29, 0.717) is 5.92 Å². The van der Waals surface area contributed by atoms with E-state index in [1.807, 2.05) is 6.20 Å². The van der Waals surface area contributed by atoms with Gasteiger partial charge in [-0.15, -0.1) is 0 Å². The summed E-state index contributed by atoms with van der Waals surface area (Å²) in [4.78, 5) is 4.73. The van der Waals surface area contributed by atoms with Crippen LogP contribution in [-0.2, 0) is 0 Å². The first kappa shape index (κ1) is 18.4. The molecule has 0 N–H and O–H groups in total. The number of para-hydroxylation sites is 1. The number of rotatable bonds is 2. The Bertz CT molecular complexity index is 1220. The molecule has 1 aliphatic heterocycles. The number of hydrogen-bond acceptors (Lipinski definition) is 1. The molecule has 3 heteroatoms. The van der Waals surface area contributed by atoms with Gasteiger partial charge in [0.15, 0.2) is 0 Å². The number of benzene rings is 3. The minimum absolute atomic E-state index is 0.265. The minimum atomic E-state index is 0.265. The molecular formula is C26H23BrN2. The lowest BCUT2D eigenvalue weighted by atomic mass is 9.82. The molecule has 0 saturated heterocycles. The summed E-state index contributed by atoms with van der Waals surface area (Å²) in [6.07, 6.45) is 4.01. The fraction of sp³-hybridized carbons (Fsp3) is 0.192. The zero-order valence-corrected chi connectivity index (χ0v) is 18.4. The number of hydrogen-bond donors (Lipinski definition) is 0. The summed E-state index contributed by atoms with van der Waals surface area (Å²) >= 11 is 3.75. The molecule has 2 nitrogen and oxygen atoms in total. The predicted octanol–water partition coefficient (Wildman–Crippen LogP) is 7.56. The van der Waals surface area contributed by atoms with Crippen LogP contribution in [0.4, 0.5) is 0 Å². The smallest absolute Gasteiger partial charge is 0.144 e. The van der Waals surface area contributed by atoms with Crippen LogP contribution in [0.3, 0.4) is 0 Å². The molecule has 0 spiro atoms. The molecule has 1 aliphatic rings. The Balaban J connectivity index is 1.85. The van der Waals surface area contributed by atoms with Gasteiger partial charge in [-0.1, -0.05) is 85.2 Å². The normalized spacial score (nSPS) is 14.9. The number of nitrogens with zero attached hydrogens (tertiary/aromatic N) is 2. The van der Waals surface area contributed by atoms with Crippen molar-refractivity contribution in [1.82, 2.24) is 9.55 Å². The third-order valence-corrected chi connectivity index (χ3v) is 6.70. The molecule has 144 valence electrons. The predicted molar refractivity (Wildman–Crippen MR) is 124 cm³/mol. The van der Waals surface area contributed by atoms with Gasteiger partial charge >= 0.3 is 0 Å². The van der Waals surface area contributed by atoms with Gasteiger partial charge in [-0.05, 0) is 45.9 Å². The molecule has 0 aliphatic carbocycles. The first-order valence-electron chi connectivity index (χ1n) is 10.1. The molecule has 2 heterocycles. The molecule has 4 aromatic rings. The molecule has 0 amide bonds. The number of imidazole rings is 1. The molecule has 0 radical (unpaired) electrons. The van der Waals surface area contributed by atoms with Crippen molar-refractivity contribution < 1.29 is 0 Å². The van der Waals surface area contributed by atoms with Crippen molar-refractivity contribution in [2.75, 3.05) is 0 Å². The summed E-state index contributed by atoms with van der Waals surface area (Å²) in [6, 6.07) is 22.0. The van der Waals surface area contributed by atoms with Gasteiger partial charge in [0.05, 0.1) is 5.69 Å². The number of halogens is 1. The van der Waals surface area contributed by atoms with Crippen molar-refractivity contribution >= 4 is 15.9 Å².